The zero-order valence-corrected chi connectivity index (χ0v) is 17.7. The highest BCUT2D eigenvalue weighted by atomic mass is 32.1. The second-order valence-corrected chi connectivity index (χ2v) is 8.68. The van der Waals surface area contributed by atoms with E-state index in [9.17, 15) is 4.79 Å². The van der Waals surface area contributed by atoms with Gasteiger partial charge >= 0.3 is 0 Å². The molecule has 0 spiro atoms. The molecule has 2 aromatic heterocycles. The third-order valence-electron chi connectivity index (χ3n) is 5.31. The first-order valence-electron chi connectivity index (χ1n) is 10.0. The van der Waals surface area contributed by atoms with E-state index in [1.165, 1.54) is 22.5 Å². The van der Waals surface area contributed by atoms with Crippen molar-refractivity contribution in [2.75, 3.05) is 23.3 Å². The number of carbonyl (C=O) groups excluding carboxylic acids is 1. The van der Waals surface area contributed by atoms with Gasteiger partial charge in [-0.15, -0.1) is 11.3 Å². The Morgan fingerprint density at radius 2 is 2.07 bits per heavy atom. The lowest BCUT2D eigenvalue weighted by Crippen LogP contribution is -2.38. The van der Waals surface area contributed by atoms with Crippen molar-refractivity contribution in [2.24, 2.45) is 5.92 Å². The number of pyridine rings is 1. The summed E-state index contributed by atoms with van der Waals surface area (Å²) >= 11 is 1.54. The van der Waals surface area contributed by atoms with Gasteiger partial charge < -0.3 is 10.2 Å². The highest BCUT2D eigenvalue weighted by Crippen LogP contribution is 2.25. The molecule has 0 atom stereocenters. The first kappa shape index (κ1) is 20.0. The van der Waals surface area contributed by atoms with Gasteiger partial charge in [-0.2, -0.15) is 5.26 Å². The number of rotatable bonds is 5. The van der Waals surface area contributed by atoms with E-state index >= 15 is 0 Å². The van der Waals surface area contributed by atoms with Crippen LogP contribution in [0, 0.1) is 24.2 Å². The fraction of sp³-hybridized carbons (Fsp3) is 0.304. The number of piperidine rings is 1. The van der Waals surface area contributed by atoms with E-state index in [1.807, 2.05) is 12.3 Å². The molecule has 0 bridgehead atoms. The van der Waals surface area contributed by atoms with Gasteiger partial charge in [0.15, 0.2) is 5.13 Å². The molecule has 0 radical (unpaired) electrons. The second-order valence-electron chi connectivity index (χ2n) is 7.57. The van der Waals surface area contributed by atoms with E-state index in [0.717, 1.165) is 43.0 Å². The summed E-state index contributed by atoms with van der Waals surface area (Å²) in [7, 11) is 0. The number of aromatic nitrogens is 2. The highest BCUT2D eigenvalue weighted by Gasteiger charge is 2.26. The number of aryl methyl sites for hydroxylation is 1. The Hall–Kier alpha value is -3.24. The molecular weight excluding hydrogens is 394 g/mol. The van der Waals surface area contributed by atoms with Crippen LogP contribution in [0.3, 0.4) is 0 Å². The molecular formula is C23H23N5OS. The Bertz CT molecular complexity index is 1060. The molecule has 3 aromatic rings. The minimum atomic E-state index is -0.0243. The number of thiazole rings is 1. The van der Waals surface area contributed by atoms with Crippen LogP contribution < -0.4 is 10.2 Å². The van der Waals surface area contributed by atoms with Crippen LogP contribution in [0.15, 0.2) is 48.8 Å². The minimum Gasteiger partial charge on any atom is -0.357 e. The average molecular weight is 418 g/mol. The van der Waals surface area contributed by atoms with Crippen molar-refractivity contribution in [1.29, 1.82) is 5.26 Å². The molecule has 1 saturated heterocycles. The summed E-state index contributed by atoms with van der Waals surface area (Å²) in [4.78, 5) is 24.7. The molecule has 1 N–H and O–H groups in total. The summed E-state index contributed by atoms with van der Waals surface area (Å²) in [5, 5.41) is 12.6. The van der Waals surface area contributed by atoms with Gasteiger partial charge in [0.25, 0.3) is 0 Å². The maximum atomic E-state index is 12.7. The van der Waals surface area contributed by atoms with Gasteiger partial charge in [-0.3, -0.25) is 4.79 Å². The predicted octanol–water partition coefficient (Wildman–Crippen LogP) is 4.16. The first-order valence-corrected chi connectivity index (χ1v) is 10.8. The quantitative estimate of drug-likeness (QED) is 0.674. The van der Waals surface area contributed by atoms with Crippen LogP contribution in [0.4, 0.5) is 10.9 Å². The third kappa shape index (κ3) is 4.84. The topological polar surface area (TPSA) is 81.9 Å². The lowest BCUT2D eigenvalue weighted by Gasteiger charge is -2.31. The molecule has 30 heavy (non-hydrogen) atoms. The summed E-state index contributed by atoms with van der Waals surface area (Å²) < 4.78 is 0. The Balaban J connectivity index is 1.29. The zero-order valence-electron chi connectivity index (χ0n) is 16.8. The SMILES string of the molecule is Cc1cccc(Cc2cnc(NC(=O)C3CCN(c4ccc(C#N)cn4)CC3)s2)c1. The Morgan fingerprint density at radius 1 is 1.23 bits per heavy atom. The molecule has 152 valence electrons. The van der Waals surface area contributed by atoms with Crippen LogP contribution in [0.25, 0.3) is 0 Å². The largest absolute Gasteiger partial charge is 0.357 e. The third-order valence-corrected chi connectivity index (χ3v) is 6.22. The lowest BCUT2D eigenvalue weighted by atomic mass is 9.96. The number of carbonyl (C=O) groups is 1. The summed E-state index contributed by atoms with van der Waals surface area (Å²) in [6.07, 6.45) is 5.81. The van der Waals surface area contributed by atoms with Gasteiger partial charge in [-0.25, -0.2) is 9.97 Å². The van der Waals surface area contributed by atoms with E-state index in [4.69, 9.17) is 5.26 Å². The normalized spacial score (nSPS) is 14.3. The van der Waals surface area contributed by atoms with Gasteiger partial charge in [-0.1, -0.05) is 29.8 Å². The number of anilines is 2. The number of nitrogens with zero attached hydrogens (tertiary/aromatic N) is 4. The maximum absolute atomic E-state index is 12.7. The van der Waals surface area contributed by atoms with Crippen LogP contribution in [-0.4, -0.2) is 29.0 Å². The summed E-state index contributed by atoms with van der Waals surface area (Å²) in [6, 6.07) is 14.2. The summed E-state index contributed by atoms with van der Waals surface area (Å²) in [5.41, 5.74) is 3.05. The molecule has 6 nitrogen and oxygen atoms in total. The molecule has 1 aliphatic rings. The minimum absolute atomic E-state index is 0.0243. The molecule has 0 unspecified atom stereocenters. The number of hydrogen-bond acceptors (Lipinski definition) is 6. The zero-order chi connectivity index (χ0) is 20.9. The number of nitrogens with one attached hydrogen (secondary N) is 1. The number of nitriles is 1. The van der Waals surface area contributed by atoms with Crippen LogP contribution in [0.2, 0.25) is 0 Å². The van der Waals surface area contributed by atoms with Crippen molar-refractivity contribution in [3.05, 3.63) is 70.4 Å². The van der Waals surface area contributed by atoms with E-state index in [2.05, 4.69) is 57.4 Å². The van der Waals surface area contributed by atoms with E-state index < -0.39 is 0 Å². The molecule has 4 rings (SSSR count). The van der Waals surface area contributed by atoms with E-state index in [-0.39, 0.29) is 11.8 Å². The molecule has 1 fully saturated rings. The van der Waals surface area contributed by atoms with Crippen LogP contribution in [0.1, 0.15) is 34.4 Å². The van der Waals surface area contributed by atoms with E-state index in [0.29, 0.717) is 10.7 Å². The standard InChI is InChI=1S/C23H23N5OS/c1-16-3-2-4-17(11-16)12-20-15-26-23(30-20)27-22(29)19-7-9-28(10-8-19)21-6-5-18(13-24)14-25-21/h2-6,11,14-15,19H,7-10,12H2,1H3,(H,26,27,29). The fourth-order valence-corrected chi connectivity index (χ4v) is 4.54. The molecule has 7 heteroatoms. The van der Waals surface area contributed by atoms with Crippen LogP contribution >= 0.6 is 11.3 Å². The fourth-order valence-electron chi connectivity index (χ4n) is 3.69. The van der Waals surface area contributed by atoms with Gasteiger partial charge in [0.1, 0.15) is 11.9 Å². The van der Waals surface area contributed by atoms with Crippen molar-refractivity contribution in [3.63, 3.8) is 0 Å². The predicted molar refractivity (Wildman–Crippen MR) is 119 cm³/mol. The van der Waals surface area contributed by atoms with Gasteiger partial charge in [-0.05, 0) is 37.5 Å². The van der Waals surface area contributed by atoms with Gasteiger partial charge in [0.05, 0.1) is 5.56 Å². The number of benzene rings is 1. The average Bonchev–Trinajstić information content (AvgIpc) is 3.20. The van der Waals surface area contributed by atoms with Crippen LogP contribution in [0.5, 0.6) is 0 Å². The number of amides is 1. The lowest BCUT2D eigenvalue weighted by molar-refractivity contribution is -0.120. The summed E-state index contributed by atoms with van der Waals surface area (Å²) in [6.45, 7) is 3.63. The van der Waals surface area contributed by atoms with Gasteiger partial charge in [0.2, 0.25) is 5.91 Å². The van der Waals surface area contributed by atoms with Crippen molar-refractivity contribution < 1.29 is 4.79 Å². The van der Waals surface area contributed by atoms with Crippen molar-refractivity contribution >= 4 is 28.2 Å². The highest BCUT2D eigenvalue weighted by molar-refractivity contribution is 7.15. The van der Waals surface area contributed by atoms with Gasteiger partial charge in [0, 0.05) is 42.7 Å². The molecule has 0 saturated carbocycles. The first-order chi connectivity index (χ1) is 14.6. The molecule has 1 aliphatic heterocycles. The van der Waals surface area contributed by atoms with Crippen LogP contribution in [-0.2, 0) is 11.2 Å². The molecule has 3 heterocycles. The Labute approximate surface area is 180 Å². The number of hydrogen-bond donors (Lipinski definition) is 1. The second kappa shape index (κ2) is 9.06. The monoisotopic (exact) mass is 417 g/mol. The van der Waals surface area contributed by atoms with Crippen molar-refractivity contribution in [3.8, 4) is 6.07 Å². The van der Waals surface area contributed by atoms with Crippen molar-refractivity contribution in [1.82, 2.24) is 9.97 Å². The van der Waals surface area contributed by atoms with Crippen molar-refractivity contribution in [2.45, 2.75) is 26.2 Å². The molecule has 1 amide bonds. The summed E-state index contributed by atoms with van der Waals surface area (Å²) in [5.74, 6) is 0.871. The molecule has 0 aliphatic carbocycles. The Kier molecular flexibility index (Phi) is 6.05. The van der Waals surface area contributed by atoms with E-state index in [1.54, 1.807) is 12.3 Å². The Morgan fingerprint density at radius 3 is 2.77 bits per heavy atom. The molecule has 1 aromatic carbocycles. The smallest absolute Gasteiger partial charge is 0.229 e. The maximum Gasteiger partial charge on any atom is 0.229 e.